The minimum atomic E-state index is 0.594. The SMILES string of the molecule is IC1CCCC1OCC1CC1. The van der Waals surface area contributed by atoms with Crippen LogP contribution in [0.4, 0.5) is 0 Å². The fraction of sp³-hybridized carbons (Fsp3) is 1.00. The molecule has 2 rings (SSSR count). The van der Waals surface area contributed by atoms with Crippen molar-refractivity contribution in [3.05, 3.63) is 0 Å². The molecule has 2 unspecified atom stereocenters. The van der Waals surface area contributed by atoms with E-state index in [4.69, 9.17) is 4.74 Å². The molecule has 2 heteroatoms. The maximum Gasteiger partial charge on any atom is 0.0692 e. The molecule has 0 aromatic heterocycles. The first-order valence-corrected chi connectivity index (χ1v) is 5.86. The van der Waals surface area contributed by atoms with E-state index in [0.29, 0.717) is 6.10 Å². The summed E-state index contributed by atoms with van der Waals surface area (Å²) in [6, 6.07) is 0. The Morgan fingerprint density at radius 3 is 2.55 bits per heavy atom. The highest BCUT2D eigenvalue weighted by Gasteiger charge is 2.28. The zero-order valence-corrected chi connectivity index (χ0v) is 8.92. The highest BCUT2D eigenvalue weighted by molar-refractivity contribution is 14.1. The van der Waals surface area contributed by atoms with Crippen LogP contribution in [0, 0.1) is 5.92 Å². The number of alkyl halides is 1. The predicted octanol–water partition coefficient (Wildman–Crippen LogP) is 2.77. The normalized spacial score (nSPS) is 37.9. The summed E-state index contributed by atoms with van der Waals surface area (Å²) in [7, 11) is 0. The molecule has 2 aliphatic rings. The predicted molar refractivity (Wildman–Crippen MR) is 54.1 cm³/mol. The molecule has 0 heterocycles. The molecule has 0 aromatic carbocycles. The van der Waals surface area contributed by atoms with Crippen molar-refractivity contribution >= 4 is 22.6 Å². The molecule has 2 fully saturated rings. The molecule has 0 amide bonds. The van der Waals surface area contributed by atoms with Crippen LogP contribution in [0.15, 0.2) is 0 Å². The summed E-state index contributed by atoms with van der Waals surface area (Å²) in [6.45, 7) is 1.05. The minimum absolute atomic E-state index is 0.594. The van der Waals surface area contributed by atoms with E-state index in [2.05, 4.69) is 22.6 Å². The average Bonchev–Trinajstić information content (AvgIpc) is 2.73. The van der Waals surface area contributed by atoms with Crippen molar-refractivity contribution < 1.29 is 4.74 Å². The Bertz CT molecular complexity index is 134. The van der Waals surface area contributed by atoms with Crippen molar-refractivity contribution in [3.8, 4) is 0 Å². The van der Waals surface area contributed by atoms with Gasteiger partial charge in [-0.25, -0.2) is 0 Å². The van der Waals surface area contributed by atoms with Gasteiger partial charge in [-0.15, -0.1) is 0 Å². The Labute approximate surface area is 82.0 Å². The third-order valence-corrected chi connectivity index (χ3v) is 4.04. The average molecular weight is 266 g/mol. The highest BCUT2D eigenvalue weighted by atomic mass is 127. The summed E-state index contributed by atoms with van der Waals surface area (Å²) in [5.41, 5.74) is 0. The fourth-order valence-electron chi connectivity index (χ4n) is 1.61. The van der Waals surface area contributed by atoms with Gasteiger partial charge in [0.05, 0.1) is 6.10 Å². The van der Waals surface area contributed by atoms with Gasteiger partial charge in [0, 0.05) is 10.5 Å². The Balaban J connectivity index is 1.67. The molecule has 0 bridgehead atoms. The fourth-order valence-corrected chi connectivity index (χ4v) is 2.62. The molecule has 11 heavy (non-hydrogen) atoms. The van der Waals surface area contributed by atoms with Gasteiger partial charge < -0.3 is 4.74 Å². The lowest BCUT2D eigenvalue weighted by Crippen LogP contribution is -2.18. The van der Waals surface area contributed by atoms with Crippen LogP contribution in [-0.4, -0.2) is 16.6 Å². The monoisotopic (exact) mass is 266 g/mol. The summed E-state index contributed by atoms with van der Waals surface area (Å²) in [5, 5.41) is 0. The van der Waals surface area contributed by atoms with Crippen LogP contribution >= 0.6 is 22.6 Å². The first kappa shape index (κ1) is 8.30. The van der Waals surface area contributed by atoms with E-state index >= 15 is 0 Å². The molecule has 2 atom stereocenters. The van der Waals surface area contributed by atoms with E-state index < -0.39 is 0 Å². The van der Waals surface area contributed by atoms with Crippen molar-refractivity contribution in [2.24, 2.45) is 5.92 Å². The summed E-state index contributed by atoms with van der Waals surface area (Å²) in [6.07, 6.45) is 7.48. The molecular weight excluding hydrogens is 251 g/mol. The Hall–Kier alpha value is 0.690. The second-order valence-corrected chi connectivity index (χ2v) is 5.36. The third kappa shape index (κ3) is 2.31. The zero-order chi connectivity index (χ0) is 7.68. The van der Waals surface area contributed by atoms with Crippen LogP contribution < -0.4 is 0 Å². The Kier molecular flexibility index (Phi) is 2.72. The molecule has 0 radical (unpaired) electrons. The van der Waals surface area contributed by atoms with Crippen LogP contribution in [0.5, 0.6) is 0 Å². The first-order valence-electron chi connectivity index (χ1n) is 4.62. The highest BCUT2D eigenvalue weighted by Crippen LogP contribution is 2.33. The third-order valence-electron chi connectivity index (χ3n) is 2.61. The molecular formula is C9H15IO. The topological polar surface area (TPSA) is 9.23 Å². The van der Waals surface area contributed by atoms with Gasteiger partial charge in [0.2, 0.25) is 0 Å². The van der Waals surface area contributed by atoms with E-state index in [1.807, 2.05) is 0 Å². The molecule has 0 aromatic rings. The molecule has 0 N–H and O–H groups in total. The summed E-state index contributed by atoms with van der Waals surface area (Å²) in [5.74, 6) is 0.930. The molecule has 0 spiro atoms. The molecule has 64 valence electrons. The van der Waals surface area contributed by atoms with Crippen LogP contribution in [0.25, 0.3) is 0 Å². The van der Waals surface area contributed by atoms with Gasteiger partial charge in [-0.05, 0) is 38.0 Å². The van der Waals surface area contributed by atoms with Gasteiger partial charge in [-0.2, -0.15) is 0 Å². The quantitative estimate of drug-likeness (QED) is 0.563. The van der Waals surface area contributed by atoms with Crippen LogP contribution in [-0.2, 0) is 4.74 Å². The lowest BCUT2D eigenvalue weighted by Gasteiger charge is -2.14. The van der Waals surface area contributed by atoms with Crippen LogP contribution in [0.1, 0.15) is 32.1 Å². The maximum atomic E-state index is 5.83. The van der Waals surface area contributed by atoms with E-state index in [0.717, 1.165) is 16.4 Å². The first-order chi connectivity index (χ1) is 5.36. The smallest absolute Gasteiger partial charge is 0.0692 e. The Morgan fingerprint density at radius 1 is 1.18 bits per heavy atom. The molecule has 0 saturated heterocycles. The van der Waals surface area contributed by atoms with Crippen molar-refractivity contribution in [1.82, 2.24) is 0 Å². The lowest BCUT2D eigenvalue weighted by molar-refractivity contribution is 0.0566. The van der Waals surface area contributed by atoms with Gasteiger partial charge in [0.25, 0.3) is 0 Å². The summed E-state index contributed by atoms with van der Waals surface area (Å²) in [4.78, 5) is 0. The molecule has 2 saturated carbocycles. The van der Waals surface area contributed by atoms with E-state index in [9.17, 15) is 0 Å². The minimum Gasteiger partial charge on any atom is -0.377 e. The van der Waals surface area contributed by atoms with Crippen molar-refractivity contribution in [2.45, 2.75) is 42.1 Å². The molecule has 1 nitrogen and oxygen atoms in total. The van der Waals surface area contributed by atoms with Crippen molar-refractivity contribution in [2.75, 3.05) is 6.61 Å². The van der Waals surface area contributed by atoms with Crippen molar-refractivity contribution in [3.63, 3.8) is 0 Å². The van der Waals surface area contributed by atoms with Gasteiger partial charge in [-0.1, -0.05) is 22.6 Å². The maximum absolute atomic E-state index is 5.83. The number of hydrogen-bond acceptors (Lipinski definition) is 1. The van der Waals surface area contributed by atoms with Gasteiger partial charge >= 0.3 is 0 Å². The van der Waals surface area contributed by atoms with E-state index in [-0.39, 0.29) is 0 Å². The largest absolute Gasteiger partial charge is 0.377 e. The zero-order valence-electron chi connectivity index (χ0n) is 6.76. The van der Waals surface area contributed by atoms with E-state index in [1.54, 1.807) is 0 Å². The second kappa shape index (κ2) is 3.60. The molecule has 2 aliphatic carbocycles. The van der Waals surface area contributed by atoms with Gasteiger partial charge in [0.1, 0.15) is 0 Å². The molecule has 0 aliphatic heterocycles. The van der Waals surface area contributed by atoms with Crippen molar-refractivity contribution in [1.29, 1.82) is 0 Å². The van der Waals surface area contributed by atoms with Gasteiger partial charge in [-0.3, -0.25) is 0 Å². The number of ether oxygens (including phenoxy) is 1. The standard InChI is InChI=1S/C9H15IO/c10-8-2-1-3-9(8)11-6-7-4-5-7/h7-9H,1-6H2. The van der Waals surface area contributed by atoms with Crippen LogP contribution in [0.3, 0.4) is 0 Å². The number of halogens is 1. The number of rotatable bonds is 3. The summed E-state index contributed by atoms with van der Waals surface area (Å²) >= 11 is 2.54. The second-order valence-electron chi connectivity index (χ2n) is 3.76. The summed E-state index contributed by atoms with van der Waals surface area (Å²) < 4.78 is 6.63. The van der Waals surface area contributed by atoms with Crippen LogP contribution in [0.2, 0.25) is 0 Å². The Morgan fingerprint density at radius 2 is 2.00 bits per heavy atom. The lowest BCUT2D eigenvalue weighted by atomic mass is 10.3. The van der Waals surface area contributed by atoms with E-state index in [1.165, 1.54) is 32.1 Å². The van der Waals surface area contributed by atoms with Gasteiger partial charge in [0.15, 0.2) is 0 Å². The number of hydrogen-bond donors (Lipinski definition) is 0.